The molecule has 1 saturated carbocycles. The Kier molecular flexibility index (Phi) is 8.35. The SMILES string of the molecule is O=C1[C@H]2[C@H](CC=C3[C@H](C4=COc5ccc(O)cc5C4)[C@]4(Cl)C(=O)N(c5c(F)c(F)c(F)c(F)c5F)C(=O)[C@]4(Cl)C[C@H]32)C(=O)N1c1ccc(Nc2ccccc2)cc1. The molecule has 0 bridgehead atoms. The van der Waals surface area contributed by atoms with Crippen molar-refractivity contribution < 1.29 is 51.0 Å². The van der Waals surface area contributed by atoms with E-state index in [0.29, 0.717) is 17.0 Å². The van der Waals surface area contributed by atoms with E-state index in [4.69, 9.17) is 27.9 Å². The van der Waals surface area contributed by atoms with Gasteiger partial charge >= 0.3 is 0 Å². The normalized spacial score (nSPS) is 27.6. The van der Waals surface area contributed by atoms with Crippen LogP contribution in [0.15, 0.2) is 96.3 Å². The lowest BCUT2D eigenvalue weighted by Crippen LogP contribution is -2.61. The Bertz CT molecular complexity index is 2510. The van der Waals surface area contributed by atoms with Crippen LogP contribution in [-0.4, -0.2) is 38.5 Å². The van der Waals surface area contributed by atoms with Crippen LogP contribution in [0.3, 0.4) is 0 Å². The fraction of sp³-hybridized carbons (Fsp3) is 0.220. The van der Waals surface area contributed by atoms with E-state index in [2.05, 4.69) is 5.32 Å². The maximum Gasteiger partial charge on any atom is 0.258 e. The largest absolute Gasteiger partial charge is 0.508 e. The topological polar surface area (TPSA) is 116 Å². The molecule has 0 aromatic heterocycles. The number of allylic oxidation sites excluding steroid dienone is 3. The molecule has 3 aliphatic heterocycles. The summed E-state index contributed by atoms with van der Waals surface area (Å²) in [6, 6.07) is 20.0. The number of carbonyl (C=O) groups excluding carboxylic acids is 4. The van der Waals surface area contributed by atoms with E-state index in [1.54, 1.807) is 30.3 Å². The Morgan fingerprint density at radius 1 is 0.754 bits per heavy atom. The Balaban J connectivity index is 1.15. The fourth-order valence-electron chi connectivity index (χ4n) is 9.01. The van der Waals surface area contributed by atoms with E-state index >= 15 is 8.78 Å². The molecule has 4 aromatic carbocycles. The van der Waals surface area contributed by atoms with Crippen molar-refractivity contribution in [3.05, 3.63) is 131 Å². The standard InChI is InChI=1S/C41H26Cl2F5N3O6/c42-40-16-26-24(11-12-25-28(26)37(54)50(36(25)53)22-8-6-21(7-9-22)49-20-4-2-1-3-5-20)29(19-14-18-15-23(52)10-13-27(18)57-17-19)41(40,43)39(56)51(38(40)55)35-33(47)31(45)30(44)32(46)34(35)48/h1-11,13,15,17,25-26,28-29,49,52H,12,14,16H2/t25-,26+,28-,29-,40+,41-/m0/s1. The first-order valence-corrected chi connectivity index (χ1v) is 18.4. The average molecular weight is 823 g/mol. The molecule has 4 aromatic rings. The van der Waals surface area contributed by atoms with Gasteiger partial charge in [0.25, 0.3) is 11.8 Å². The van der Waals surface area contributed by atoms with Crippen molar-refractivity contribution in [2.75, 3.05) is 15.1 Å². The molecule has 6 atom stereocenters. The number of phenols is 1. The molecule has 2 N–H and O–H groups in total. The molecule has 5 aliphatic rings. The summed E-state index contributed by atoms with van der Waals surface area (Å²) in [5, 5.41) is 13.5. The number of carbonyl (C=O) groups is 4. The van der Waals surface area contributed by atoms with Crippen LogP contribution in [0.5, 0.6) is 11.5 Å². The van der Waals surface area contributed by atoms with Crippen molar-refractivity contribution in [3.8, 4) is 11.5 Å². The van der Waals surface area contributed by atoms with Gasteiger partial charge < -0.3 is 15.2 Å². The molecular formula is C41H26Cl2F5N3O6. The van der Waals surface area contributed by atoms with E-state index in [-0.39, 0.29) is 40.3 Å². The summed E-state index contributed by atoms with van der Waals surface area (Å²) in [5.74, 6) is -21.2. The first-order chi connectivity index (χ1) is 27.2. The predicted octanol–water partition coefficient (Wildman–Crippen LogP) is 7.95. The third-order valence-corrected chi connectivity index (χ3v) is 13.0. The highest BCUT2D eigenvalue weighted by Crippen LogP contribution is 2.65. The number of benzene rings is 4. The van der Waals surface area contributed by atoms with Crippen molar-refractivity contribution in [1.29, 1.82) is 0 Å². The number of para-hydroxylation sites is 1. The number of ether oxygens (including phenoxy) is 1. The highest BCUT2D eigenvalue weighted by Gasteiger charge is 2.77. The molecule has 0 radical (unpaired) electrons. The summed E-state index contributed by atoms with van der Waals surface area (Å²) < 4.78 is 79.9. The number of imide groups is 2. The van der Waals surface area contributed by atoms with Crippen molar-refractivity contribution in [1.82, 2.24) is 0 Å². The van der Waals surface area contributed by atoms with Gasteiger partial charge in [0.2, 0.25) is 17.6 Å². The van der Waals surface area contributed by atoms with Gasteiger partial charge in [-0.05, 0) is 78.9 Å². The lowest BCUT2D eigenvalue weighted by molar-refractivity contribution is -0.125. The van der Waals surface area contributed by atoms with E-state index in [0.717, 1.165) is 10.6 Å². The van der Waals surface area contributed by atoms with Gasteiger partial charge in [0, 0.05) is 29.3 Å². The molecule has 3 fully saturated rings. The second kappa shape index (κ2) is 12.9. The number of hydrogen-bond donors (Lipinski definition) is 2. The zero-order valence-corrected chi connectivity index (χ0v) is 30.6. The van der Waals surface area contributed by atoms with Crippen LogP contribution < -0.4 is 19.9 Å². The molecule has 57 heavy (non-hydrogen) atoms. The molecule has 9 rings (SSSR count). The smallest absolute Gasteiger partial charge is 0.258 e. The molecule has 0 spiro atoms. The molecule has 2 aliphatic carbocycles. The van der Waals surface area contributed by atoms with Gasteiger partial charge in [-0.15, -0.1) is 23.2 Å². The van der Waals surface area contributed by atoms with Crippen molar-refractivity contribution in [2.45, 2.75) is 29.0 Å². The monoisotopic (exact) mass is 821 g/mol. The van der Waals surface area contributed by atoms with Crippen LogP contribution in [0.25, 0.3) is 0 Å². The lowest BCUT2D eigenvalue weighted by atomic mass is 9.56. The minimum atomic E-state index is -2.70. The molecule has 0 unspecified atom stereocenters. The Hall–Kier alpha value is -5.73. The number of nitrogens with one attached hydrogen (secondary N) is 1. The maximum atomic E-state index is 15.4. The molecule has 9 nitrogen and oxygen atoms in total. The average Bonchev–Trinajstić information content (AvgIpc) is 3.54. The van der Waals surface area contributed by atoms with Gasteiger partial charge in [0.1, 0.15) is 17.2 Å². The summed E-state index contributed by atoms with van der Waals surface area (Å²) in [6.45, 7) is 0. The van der Waals surface area contributed by atoms with Crippen LogP contribution >= 0.6 is 23.2 Å². The first kappa shape index (κ1) is 36.9. The third kappa shape index (κ3) is 5.12. The zero-order valence-electron chi connectivity index (χ0n) is 29.0. The van der Waals surface area contributed by atoms with E-state index in [1.807, 2.05) is 30.3 Å². The number of aromatic hydroxyl groups is 1. The van der Waals surface area contributed by atoms with E-state index in [9.17, 15) is 37.5 Å². The van der Waals surface area contributed by atoms with Crippen LogP contribution in [0, 0.1) is 52.8 Å². The van der Waals surface area contributed by atoms with Crippen LogP contribution in [0.4, 0.5) is 44.7 Å². The van der Waals surface area contributed by atoms with Crippen LogP contribution in [0.1, 0.15) is 18.4 Å². The van der Waals surface area contributed by atoms with Crippen LogP contribution in [0.2, 0.25) is 0 Å². The van der Waals surface area contributed by atoms with Gasteiger partial charge in [0.05, 0.1) is 23.8 Å². The number of phenolic OH excluding ortho intramolecular Hbond substituents is 1. The maximum absolute atomic E-state index is 15.4. The number of fused-ring (bicyclic) bond motifs is 5. The van der Waals surface area contributed by atoms with Gasteiger partial charge in [-0.25, -0.2) is 26.9 Å². The van der Waals surface area contributed by atoms with Crippen LogP contribution in [-0.2, 0) is 25.6 Å². The summed E-state index contributed by atoms with van der Waals surface area (Å²) in [6.07, 6.45) is 2.09. The Morgan fingerprint density at radius 3 is 2.09 bits per heavy atom. The zero-order chi connectivity index (χ0) is 40.3. The summed E-state index contributed by atoms with van der Waals surface area (Å²) >= 11 is 14.5. The van der Waals surface area contributed by atoms with Crippen molar-refractivity contribution in [2.24, 2.45) is 23.7 Å². The number of anilines is 4. The van der Waals surface area contributed by atoms with Gasteiger partial charge in [-0.1, -0.05) is 29.8 Å². The highest BCUT2D eigenvalue weighted by molar-refractivity contribution is 6.58. The van der Waals surface area contributed by atoms with Gasteiger partial charge in [0.15, 0.2) is 33.0 Å². The Morgan fingerprint density at radius 2 is 1.40 bits per heavy atom. The number of halogens is 7. The highest BCUT2D eigenvalue weighted by atomic mass is 35.5. The van der Waals surface area contributed by atoms with Gasteiger partial charge in [-0.2, -0.15) is 0 Å². The molecule has 16 heteroatoms. The molecule has 290 valence electrons. The lowest BCUT2D eigenvalue weighted by Gasteiger charge is -2.51. The van der Waals surface area contributed by atoms with Crippen molar-refractivity contribution >= 4 is 69.6 Å². The molecule has 3 heterocycles. The Labute approximate surface area is 329 Å². The van der Waals surface area contributed by atoms with E-state index in [1.165, 1.54) is 24.5 Å². The second-order valence-electron chi connectivity index (χ2n) is 14.5. The number of hydrogen-bond acceptors (Lipinski definition) is 7. The predicted molar refractivity (Wildman–Crippen MR) is 196 cm³/mol. The summed E-state index contributed by atoms with van der Waals surface area (Å²) in [7, 11) is 0. The van der Waals surface area contributed by atoms with Gasteiger partial charge in [-0.3, -0.25) is 24.1 Å². The third-order valence-electron chi connectivity index (χ3n) is 11.6. The number of alkyl halides is 2. The molecule has 2 saturated heterocycles. The minimum Gasteiger partial charge on any atom is -0.508 e. The fourth-order valence-corrected chi connectivity index (χ4v) is 9.96. The quantitative estimate of drug-likeness (QED) is 0.0525. The number of rotatable bonds is 5. The minimum absolute atomic E-state index is 0.0288. The number of amides is 4. The van der Waals surface area contributed by atoms with Crippen molar-refractivity contribution in [3.63, 3.8) is 0 Å². The number of nitrogens with zero attached hydrogens (tertiary/aromatic N) is 2. The first-order valence-electron chi connectivity index (χ1n) is 17.6. The second-order valence-corrected chi connectivity index (χ2v) is 15.8. The van der Waals surface area contributed by atoms with E-state index < -0.39 is 98.2 Å². The molecular weight excluding hydrogens is 796 g/mol. The summed E-state index contributed by atoms with van der Waals surface area (Å²) in [4.78, 5) is 53.1. The summed E-state index contributed by atoms with van der Waals surface area (Å²) in [5.41, 5.74) is 0.730. The molecule has 4 amide bonds.